The molecule has 0 radical (unpaired) electrons. The number of piperidine rings is 1. The second-order valence-corrected chi connectivity index (χ2v) is 10.5. The molecular formula is C22H35N3O4S. The summed E-state index contributed by atoms with van der Waals surface area (Å²) in [5, 5.41) is 3.62. The molecule has 0 aromatic heterocycles. The van der Waals surface area contributed by atoms with Gasteiger partial charge in [0.2, 0.25) is 15.9 Å². The molecule has 0 bridgehead atoms. The molecule has 2 fully saturated rings. The zero-order valence-corrected chi connectivity index (χ0v) is 19.4. The number of benzene rings is 1. The van der Waals surface area contributed by atoms with Gasteiger partial charge in [0.25, 0.3) is 0 Å². The number of aryl methyl sites for hydroxylation is 1. The molecule has 2 saturated heterocycles. The number of rotatable bonds is 8. The normalized spacial score (nSPS) is 23.3. The van der Waals surface area contributed by atoms with E-state index in [1.807, 2.05) is 24.0 Å². The molecule has 2 heterocycles. The minimum absolute atomic E-state index is 0.135. The summed E-state index contributed by atoms with van der Waals surface area (Å²) in [4.78, 5) is 15.5. The Morgan fingerprint density at radius 2 is 1.87 bits per heavy atom. The molecule has 2 unspecified atom stereocenters. The Morgan fingerprint density at radius 1 is 1.23 bits per heavy atom. The van der Waals surface area contributed by atoms with Crippen molar-refractivity contribution in [3.05, 3.63) is 29.8 Å². The van der Waals surface area contributed by atoms with E-state index in [2.05, 4.69) is 19.2 Å². The van der Waals surface area contributed by atoms with Crippen molar-refractivity contribution in [3.63, 3.8) is 0 Å². The van der Waals surface area contributed by atoms with Gasteiger partial charge in [-0.1, -0.05) is 38.0 Å². The van der Waals surface area contributed by atoms with Gasteiger partial charge in [-0.05, 0) is 44.2 Å². The van der Waals surface area contributed by atoms with E-state index in [0.717, 1.165) is 18.4 Å². The molecule has 3 rings (SSSR count). The van der Waals surface area contributed by atoms with Crippen LogP contribution in [-0.4, -0.2) is 68.6 Å². The summed E-state index contributed by atoms with van der Waals surface area (Å²) >= 11 is 0. The predicted octanol–water partition coefficient (Wildman–Crippen LogP) is 2.36. The number of nitrogens with zero attached hydrogens (tertiary/aromatic N) is 2. The SMILES string of the molecule is CCC(C)C1NC2(CCN(S(=O)(=O)c3ccc(C)cc3)CC2)N(CCCOC)C1=O. The standard InChI is InChI=1S/C22H35N3O4S/c1-5-18(3)20-21(26)25(13-6-16-29-4)22(23-20)11-14-24(15-12-22)30(27,28)19-9-7-17(2)8-10-19/h7-10,18,20,23H,5-6,11-16H2,1-4H3. The molecule has 168 valence electrons. The Bertz CT molecular complexity index is 832. The van der Waals surface area contributed by atoms with Crippen LogP contribution in [0.5, 0.6) is 0 Å². The van der Waals surface area contributed by atoms with Gasteiger partial charge in [0.05, 0.1) is 16.6 Å². The molecule has 8 heteroatoms. The Morgan fingerprint density at radius 3 is 2.43 bits per heavy atom. The number of carbonyl (C=O) groups is 1. The first kappa shape index (κ1) is 23.2. The van der Waals surface area contributed by atoms with Crippen LogP contribution in [0.3, 0.4) is 0 Å². The summed E-state index contributed by atoms with van der Waals surface area (Å²) in [7, 11) is -1.87. The topological polar surface area (TPSA) is 79.0 Å². The number of ether oxygens (including phenoxy) is 1. The van der Waals surface area contributed by atoms with Crippen molar-refractivity contribution in [2.75, 3.05) is 33.4 Å². The fourth-order valence-electron chi connectivity index (χ4n) is 4.49. The first-order chi connectivity index (χ1) is 14.2. The molecule has 0 aliphatic carbocycles. The van der Waals surface area contributed by atoms with Gasteiger partial charge in [-0.3, -0.25) is 10.1 Å². The highest BCUT2D eigenvalue weighted by atomic mass is 32.2. The third-order valence-electron chi connectivity index (χ3n) is 6.62. The number of amides is 1. The molecular weight excluding hydrogens is 402 g/mol. The van der Waals surface area contributed by atoms with Crippen LogP contribution in [0.15, 0.2) is 29.2 Å². The van der Waals surface area contributed by atoms with Crippen LogP contribution in [-0.2, 0) is 19.6 Å². The second-order valence-electron chi connectivity index (χ2n) is 8.59. The molecule has 2 aliphatic heterocycles. The smallest absolute Gasteiger partial charge is 0.243 e. The Hall–Kier alpha value is -1.48. The van der Waals surface area contributed by atoms with Crippen LogP contribution in [0.2, 0.25) is 0 Å². The molecule has 2 atom stereocenters. The molecule has 0 saturated carbocycles. The Labute approximate surface area is 180 Å². The van der Waals surface area contributed by atoms with E-state index in [1.165, 1.54) is 0 Å². The quantitative estimate of drug-likeness (QED) is 0.632. The van der Waals surface area contributed by atoms with Gasteiger partial charge in [0.15, 0.2) is 0 Å². The maximum atomic E-state index is 13.2. The monoisotopic (exact) mass is 437 g/mol. The number of sulfonamides is 1. The van der Waals surface area contributed by atoms with Crippen LogP contribution in [0.4, 0.5) is 0 Å². The van der Waals surface area contributed by atoms with Crippen molar-refractivity contribution in [2.45, 2.75) is 63.1 Å². The summed E-state index contributed by atoms with van der Waals surface area (Å²) in [6.45, 7) is 8.14. The lowest BCUT2D eigenvalue weighted by Crippen LogP contribution is -2.59. The van der Waals surface area contributed by atoms with Gasteiger partial charge in [0, 0.05) is 33.4 Å². The molecule has 2 aliphatic rings. The lowest BCUT2D eigenvalue weighted by molar-refractivity contribution is -0.134. The van der Waals surface area contributed by atoms with E-state index < -0.39 is 15.7 Å². The maximum absolute atomic E-state index is 13.2. The fraction of sp³-hybridized carbons (Fsp3) is 0.682. The summed E-state index contributed by atoms with van der Waals surface area (Å²) in [6, 6.07) is 6.77. The van der Waals surface area contributed by atoms with Gasteiger partial charge >= 0.3 is 0 Å². The highest BCUT2D eigenvalue weighted by Gasteiger charge is 2.53. The van der Waals surface area contributed by atoms with Crippen molar-refractivity contribution < 1.29 is 17.9 Å². The molecule has 7 nitrogen and oxygen atoms in total. The Balaban J connectivity index is 1.77. The van der Waals surface area contributed by atoms with Crippen LogP contribution in [0.1, 0.15) is 45.1 Å². The van der Waals surface area contributed by atoms with Crippen LogP contribution in [0, 0.1) is 12.8 Å². The van der Waals surface area contributed by atoms with E-state index in [-0.39, 0.29) is 17.9 Å². The largest absolute Gasteiger partial charge is 0.385 e. The summed E-state index contributed by atoms with van der Waals surface area (Å²) < 4.78 is 32.9. The van der Waals surface area contributed by atoms with Gasteiger partial charge in [-0.15, -0.1) is 0 Å². The molecule has 1 aromatic rings. The lowest BCUT2D eigenvalue weighted by Gasteiger charge is -2.44. The van der Waals surface area contributed by atoms with Crippen molar-refractivity contribution in [1.82, 2.24) is 14.5 Å². The number of hydrogen-bond acceptors (Lipinski definition) is 5. The van der Waals surface area contributed by atoms with Crippen molar-refractivity contribution in [3.8, 4) is 0 Å². The van der Waals surface area contributed by atoms with Crippen LogP contribution < -0.4 is 5.32 Å². The number of nitrogens with one attached hydrogen (secondary N) is 1. The first-order valence-corrected chi connectivity index (χ1v) is 12.3. The molecule has 30 heavy (non-hydrogen) atoms. The molecule has 1 amide bonds. The van der Waals surface area contributed by atoms with Crippen molar-refractivity contribution >= 4 is 15.9 Å². The third kappa shape index (κ3) is 4.42. The zero-order chi connectivity index (χ0) is 21.9. The van der Waals surface area contributed by atoms with Crippen molar-refractivity contribution in [1.29, 1.82) is 0 Å². The highest BCUT2D eigenvalue weighted by Crippen LogP contribution is 2.36. The van der Waals surface area contributed by atoms with Gasteiger partial charge < -0.3 is 9.64 Å². The Kier molecular flexibility index (Phi) is 7.22. The highest BCUT2D eigenvalue weighted by molar-refractivity contribution is 7.89. The summed E-state index contributed by atoms with van der Waals surface area (Å²) in [5.74, 6) is 0.367. The number of methoxy groups -OCH3 is 1. The predicted molar refractivity (Wildman–Crippen MR) is 116 cm³/mol. The van der Waals surface area contributed by atoms with E-state index in [4.69, 9.17) is 4.74 Å². The first-order valence-electron chi connectivity index (χ1n) is 10.9. The fourth-order valence-corrected chi connectivity index (χ4v) is 5.93. The summed E-state index contributed by atoms with van der Waals surface area (Å²) in [5.41, 5.74) is 0.557. The lowest BCUT2D eigenvalue weighted by atomic mass is 9.96. The summed E-state index contributed by atoms with van der Waals surface area (Å²) in [6.07, 6.45) is 2.86. The van der Waals surface area contributed by atoms with E-state index >= 15 is 0 Å². The zero-order valence-electron chi connectivity index (χ0n) is 18.6. The molecule has 1 aromatic carbocycles. The van der Waals surface area contributed by atoms with Gasteiger partial charge in [-0.2, -0.15) is 4.31 Å². The van der Waals surface area contributed by atoms with Crippen LogP contribution in [0.25, 0.3) is 0 Å². The third-order valence-corrected chi connectivity index (χ3v) is 8.54. The minimum Gasteiger partial charge on any atom is -0.385 e. The van der Waals surface area contributed by atoms with Gasteiger partial charge in [0.1, 0.15) is 0 Å². The number of hydrogen-bond donors (Lipinski definition) is 1. The van der Waals surface area contributed by atoms with E-state index in [1.54, 1.807) is 23.5 Å². The average molecular weight is 438 g/mol. The maximum Gasteiger partial charge on any atom is 0.243 e. The van der Waals surface area contributed by atoms with E-state index in [0.29, 0.717) is 44.0 Å². The van der Waals surface area contributed by atoms with Gasteiger partial charge in [-0.25, -0.2) is 8.42 Å². The molecule has 1 spiro atoms. The average Bonchev–Trinajstić information content (AvgIpc) is 3.00. The second kappa shape index (κ2) is 9.34. The van der Waals surface area contributed by atoms with Crippen LogP contribution >= 0.6 is 0 Å². The number of carbonyl (C=O) groups excluding carboxylic acids is 1. The van der Waals surface area contributed by atoms with E-state index in [9.17, 15) is 13.2 Å². The van der Waals surface area contributed by atoms with Crippen molar-refractivity contribution in [2.24, 2.45) is 5.92 Å². The molecule has 1 N–H and O–H groups in total. The minimum atomic E-state index is -3.53.